The molecule has 116 valence electrons. The first-order valence-corrected chi connectivity index (χ1v) is 8.21. The number of hydrogen-bond donors (Lipinski definition) is 3. The molecule has 2 atom stereocenters. The Balaban J connectivity index is 1.74. The zero-order chi connectivity index (χ0) is 15.3. The average molecular weight is 312 g/mol. The lowest BCUT2D eigenvalue weighted by Gasteiger charge is -2.22. The third-order valence-corrected chi connectivity index (χ3v) is 4.70. The van der Waals surface area contributed by atoms with Crippen LogP contribution in [0.1, 0.15) is 18.9 Å². The van der Waals surface area contributed by atoms with E-state index in [-0.39, 0.29) is 24.4 Å². The van der Waals surface area contributed by atoms with Gasteiger partial charge in [0.1, 0.15) is 5.82 Å². The van der Waals surface area contributed by atoms with Crippen LogP contribution >= 0.6 is 11.8 Å². The molecule has 0 radical (unpaired) electrons. The van der Waals surface area contributed by atoms with Crippen LogP contribution in [0.5, 0.6) is 0 Å². The molecule has 2 unspecified atom stereocenters. The van der Waals surface area contributed by atoms with Crippen molar-refractivity contribution in [3.05, 3.63) is 35.6 Å². The van der Waals surface area contributed by atoms with Crippen LogP contribution in [0.25, 0.3) is 0 Å². The van der Waals surface area contributed by atoms with Crippen molar-refractivity contribution >= 4 is 17.8 Å². The van der Waals surface area contributed by atoms with E-state index >= 15 is 0 Å². The number of aliphatic hydroxyl groups is 1. The number of rotatable bonds is 5. The molecule has 0 aliphatic carbocycles. The summed E-state index contributed by atoms with van der Waals surface area (Å²) in [5.74, 6) is 1.31. The first kappa shape index (κ1) is 16.1. The standard InChI is InChI=1S/C15H21FN2O2S/c1-11(7-12-3-2-4-13(16)8-12)18-14(19)17-9-15(20)5-6-21-10-15/h2-4,8,11,20H,5-7,9-10H2,1H3,(H2,17,18,19). The van der Waals surface area contributed by atoms with Gasteiger partial charge in [-0.05, 0) is 43.2 Å². The van der Waals surface area contributed by atoms with Crippen molar-refractivity contribution in [2.75, 3.05) is 18.1 Å². The lowest BCUT2D eigenvalue weighted by molar-refractivity contribution is 0.0699. The largest absolute Gasteiger partial charge is 0.387 e. The number of benzene rings is 1. The van der Waals surface area contributed by atoms with Crippen molar-refractivity contribution in [1.29, 1.82) is 0 Å². The molecule has 3 N–H and O–H groups in total. The number of halogens is 1. The van der Waals surface area contributed by atoms with Crippen molar-refractivity contribution in [3.63, 3.8) is 0 Å². The van der Waals surface area contributed by atoms with E-state index in [4.69, 9.17) is 0 Å². The Morgan fingerprint density at radius 3 is 3.05 bits per heavy atom. The van der Waals surface area contributed by atoms with E-state index in [2.05, 4.69) is 10.6 Å². The lowest BCUT2D eigenvalue weighted by Crippen LogP contribution is -2.48. The quantitative estimate of drug-likeness (QED) is 0.778. The van der Waals surface area contributed by atoms with E-state index in [1.54, 1.807) is 17.8 Å². The van der Waals surface area contributed by atoms with E-state index in [0.717, 1.165) is 11.3 Å². The zero-order valence-corrected chi connectivity index (χ0v) is 12.9. The highest BCUT2D eigenvalue weighted by Crippen LogP contribution is 2.26. The summed E-state index contributed by atoms with van der Waals surface area (Å²) in [6.07, 6.45) is 1.27. The van der Waals surface area contributed by atoms with Gasteiger partial charge in [-0.25, -0.2) is 9.18 Å². The van der Waals surface area contributed by atoms with Gasteiger partial charge in [0.25, 0.3) is 0 Å². The molecule has 0 bridgehead atoms. The molecule has 1 aromatic rings. The summed E-state index contributed by atoms with van der Waals surface area (Å²) in [5.41, 5.74) is 0.0574. The predicted molar refractivity (Wildman–Crippen MR) is 83.0 cm³/mol. The third kappa shape index (κ3) is 5.21. The third-order valence-electron chi connectivity index (χ3n) is 3.47. The number of carbonyl (C=O) groups excluding carboxylic acids is 1. The van der Waals surface area contributed by atoms with Crippen LogP contribution in [0, 0.1) is 5.82 Å². The van der Waals surface area contributed by atoms with Crippen LogP contribution in [-0.4, -0.2) is 40.8 Å². The van der Waals surface area contributed by atoms with Gasteiger partial charge in [-0.15, -0.1) is 0 Å². The van der Waals surface area contributed by atoms with Crippen molar-refractivity contribution in [2.45, 2.75) is 31.4 Å². The molecule has 4 nitrogen and oxygen atoms in total. The molecular formula is C15H21FN2O2S. The Morgan fingerprint density at radius 2 is 2.38 bits per heavy atom. The number of urea groups is 1. The van der Waals surface area contributed by atoms with E-state index in [1.807, 2.05) is 13.0 Å². The lowest BCUT2D eigenvalue weighted by atomic mass is 10.0. The Kier molecular flexibility index (Phi) is 5.47. The van der Waals surface area contributed by atoms with Gasteiger partial charge < -0.3 is 15.7 Å². The van der Waals surface area contributed by atoms with Crippen LogP contribution in [0.4, 0.5) is 9.18 Å². The number of carbonyl (C=O) groups is 1. The Bertz CT molecular complexity index is 492. The minimum absolute atomic E-state index is 0.112. The van der Waals surface area contributed by atoms with Crippen molar-refractivity contribution < 1.29 is 14.3 Å². The molecular weight excluding hydrogens is 291 g/mol. The fourth-order valence-corrected chi connectivity index (χ4v) is 3.62. The number of nitrogens with one attached hydrogen (secondary N) is 2. The number of amides is 2. The summed E-state index contributed by atoms with van der Waals surface area (Å²) in [5, 5.41) is 15.6. The maximum atomic E-state index is 13.1. The van der Waals surface area contributed by atoms with Crippen molar-refractivity contribution in [2.24, 2.45) is 0 Å². The minimum Gasteiger partial charge on any atom is -0.387 e. The highest BCUT2D eigenvalue weighted by Gasteiger charge is 2.31. The number of thioether (sulfide) groups is 1. The maximum absolute atomic E-state index is 13.1. The zero-order valence-electron chi connectivity index (χ0n) is 12.1. The van der Waals surface area contributed by atoms with Gasteiger partial charge in [-0.1, -0.05) is 12.1 Å². The average Bonchev–Trinajstić information content (AvgIpc) is 2.84. The Labute approximate surface area is 128 Å². The molecule has 1 fully saturated rings. The van der Waals surface area contributed by atoms with Gasteiger partial charge in [0.15, 0.2) is 0 Å². The topological polar surface area (TPSA) is 61.4 Å². The molecule has 1 saturated heterocycles. The van der Waals surface area contributed by atoms with E-state index < -0.39 is 5.60 Å². The summed E-state index contributed by atoms with van der Waals surface area (Å²) in [6, 6.07) is 5.94. The highest BCUT2D eigenvalue weighted by atomic mass is 32.2. The molecule has 1 aliphatic heterocycles. The molecule has 6 heteroatoms. The molecule has 0 spiro atoms. The molecule has 0 saturated carbocycles. The number of hydrogen-bond acceptors (Lipinski definition) is 3. The predicted octanol–water partition coefficient (Wildman–Crippen LogP) is 1.92. The first-order valence-electron chi connectivity index (χ1n) is 7.06. The van der Waals surface area contributed by atoms with Crippen LogP contribution in [0.3, 0.4) is 0 Å². The second-order valence-electron chi connectivity index (χ2n) is 5.59. The molecule has 1 heterocycles. The van der Waals surface area contributed by atoms with E-state index in [1.165, 1.54) is 12.1 Å². The fraction of sp³-hybridized carbons (Fsp3) is 0.533. The van der Waals surface area contributed by atoms with Gasteiger partial charge >= 0.3 is 6.03 Å². The molecule has 2 rings (SSSR count). The summed E-state index contributed by atoms with van der Waals surface area (Å²) in [4.78, 5) is 11.8. The van der Waals surface area contributed by atoms with Crippen LogP contribution < -0.4 is 10.6 Å². The minimum atomic E-state index is -0.784. The van der Waals surface area contributed by atoms with Gasteiger partial charge in [0.2, 0.25) is 0 Å². The van der Waals surface area contributed by atoms with Gasteiger partial charge in [-0.3, -0.25) is 0 Å². The summed E-state index contributed by atoms with van der Waals surface area (Å²) in [7, 11) is 0. The Hall–Kier alpha value is -1.27. The van der Waals surface area contributed by atoms with Crippen molar-refractivity contribution in [1.82, 2.24) is 10.6 Å². The van der Waals surface area contributed by atoms with Crippen LogP contribution in [0.15, 0.2) is 24.3 Å². The molecule has 21 heavy (non-hydrogen) atoms. The second kappa shape index (κ2) is 7.13. The highest BCUT2D eigenvalue weighted by molar-refractivity contribution is 7.99. The smallest absolute Gasteiger partial charge is 0.315 e. The second-order valence-corrected chi connectivity index (χ2v) is 6.69. The maximum Gasteiger partial charge on any atom is 0.315 e. The van der Waals surface area contributed by atoms with Crippen LogP contribution in [0.2, 0.25) is 0 Å². The summed E-state index contributed by atoms with van der Waals surface area (Å²) in [6.45, 7) is 2.13. The Morgan fingerprint density at radius 1 is 1.57 bits per heavy atom. The van der Waals surface area contributed by atoms with Crippen LogP contribution in [-0.2, 0) is 6.42 Å². The first-order chi connectivity index (χ1) is 9.97. The van der Waals surface area contributed by atoms with Gasteiger partial charge in [0, 0.05) is 18.3 Å². The monoisotopic (exact) mass is 312 g/mol. The normalized spacial score (nSPS) is 22.8. The van der Waals surface area contributed by atoms with Crippen molar-refractivity contribution in [3.8, 4) is 0 Å². The SMILES string of the molecule is CC(Cc1cccc(F)c1)NC(=O)NCC1(O)CCSC1. The molecule has 1 aromatic carbocycles. The van der Waals surface area contributed by atoms with E-state index in [9.17, 15) is 14.3 Å². The molecule has 1 aliphatic rings. The van der Waals surface area contributed by atoms with Gasteiger partial charge in [0.05, 0.1) is 5.60 Å². The van der Waals surface area contributed by atoms with Gasteiger partial charge in [-0.2, -0.15) is 11.8 Å². The van der Waals surface area contributed by atoms with E-state index in [0.29, 0.717) is 18.6 Å². The fourth-order valence-electron chi connectivity index (χ4n) is 2.32. The summed E-state index contributed by atoms with van der Waals surface area (Å²) < 4.78 is 13.1. The summed E-state index contributed by atoms with van der Waals surface area (Å²) >= 11 is 1.69. The molecule has 0 aromatic heterocycles. The molecule has 2 amide bonds.